The summed E-state index contributed by atoms with van der Waals surface area (Å²) in [6.45, 7) is 0.828. The average molecular weight is 526 g/mol. The molecule has 4 atom stereocenters. The normalized spacial score (nSPS) is 24.0. The Morgan fingerprint density at radius 3 is 2.62 bits per heavy atom. The van der Waals surface area contributed by atoms with E-state index < -0.39 is 53.9 Å². The lowest BCUT2D eigenvalue weighted by Gasteiger charge is -2.25. The van der Waals surface area contributed by atoms with E-state index in [2.05, 4.69) is 25.7 Å². The first-order valence-electron chi connectivity index (χ1n) is 11.8. The first-order valence-corrected chi connectivity index (χ1v) is 11.8. The number of hydrogen-bond donors (Lipinski definition) is 4. The molecule has 9 nitrogen and oxygen atoms in total. The molecule has 0 radical (unpaired) electrons. The largest absolute Gasteiger partial charge is 0.522 e. The van der Waals surface area contributed by atoms with Gasteiger partial charge in [-0.3, -0.25) is 23.9 Å². The summed E-state index contributed by atoms with van der Waals surface area (Å²) in [6.07, 6.45) is -4.13. The van der Waals surface area contributed by atoms with Gasteiger partial charge in [0.05, 0.1) is 6.04 Å². The lowest BCUT2D eigenvalue weighted by atomic mass is 9.95. The number of ketones is 1. The minimum atomic E-state index is -5.05. The number of halogens is 4. The van der Waals surface area contributed by atoms with Gasteiger partial charge < -0.3 is 20.9 Å². The van der Waals surface area contributed by atoms with Crippen LogP contribution in [-0.2, 0) is 19.1 Å². The number of H-pyrrole nitrogens is 1. The van der Waals surface area contributed by atoms with Gasteiger partial charge in [-0.15, -0.1) is 13.2 Å². The fourth-order valence-corrected chi connectivity index (χ4v) is 4.77. The average Bonchev–Trinajstić information content (AvgIpc) is 3.14. The maximum Gasteiger partial charge on any atom is 0.522 e. The molecule has 1 aromatic carbocycles. The molecule has 2 aromatic rings. The van der Waals surface area contributed by atoms with E-state index in [0.29, 0.717) is 30.3 Å². The molecular weight excluding hydrogens is 500 g/mol. The molecule has 4 N–H and O–H groups in total. The molecule has 200 valence electrons. The Balaban J connectivity index is 1.51. The number of nitrogens with one attached hydrogen (secondary N) is 4. The number of carbonyl (C=O) groups is 4. The highest BCUT2D eigenvalue weighted by Gasteiger charge is 2.60. The molecule has 4 rings (SSSR count). The van der Waals surface area contributed by atoms with Crippen LogP contribution in [0.4, 0.5) is 17.6 Å². The second-order valence-corrected chi connectivity index (χ2v) is 9.39. The molecule has 1 aliphatic carbocycles. The highest BCUT2D eigenvalue weighted by molar-refractivity contribution is 6.03. The van der Waals surface area contributed by atoms with Crippen LogP contribution in [0.3, 0.4) is 0 Å². The van der Waals surface area contributed by atoms with Gasteiger partial charge in [-0.05, 0) is 49.4 Å². The van der Waals surface area contributed by atoms with Gasteiger partial charge in [0, 0.05) is 23.4 Å². The molecular formula is C24H26F4N4O5. The Bertz CT molecular complexity index is 1230. The highest BCUT2D eigenvalue weighted by atomic mass is 19.4. The molecule has 0 bridgehead atoms. The number of aromatic nitrogens is 1. The van der Waals surface area contributed by atoms with Crippen molar-refractivity contribution in [1.82, 2.24) is 20.9 Å². The third kappa shape index (κ3) is 5.92. The van der Waals surface area contributed by atoms with Gasteiger partial charge in [0.25, 0.3) is 5.91 Å². The van der Waals surface area contributed by atoms with Gasteiger partial charge >= 0.3 is 6.36 Å². The Kier molecular flexibility index (Phi) is 7.27. The maximum atomic E-state index is 13.5. The van der Waals surface area contributed by atoms with Gasteiger partial charge in [0.1, 0.15) is 23.7 Å². The van der Waals surface area contributed by atoms with Crippen molar-refractivity contribution >= 4 is 34.4 Å². The van der Waals surface area contributed by atoms with Crippen molar-refractivity contribution in [3.63, 3.8) is 0 Å². The number of ether oxygens (including phenoxy) is 1. The number of Topliss-reactive ketones (excluding diaryl/α,β-unsaturated/α-hetero) is 1. The summed E-state index contributed by atoms with van der Waals surface area (Å²) in [7, 11) is 0. The molecule has 1 aromatic heterocycles. The van der Waals surface area contributed by atoms with E-state index in [1.54, 1.807) is 6.92 Å². The third-order valence-corrected chi connectivity index (χ3v) is 6.92. The lowest BCUT2D eigenvalue weighted by Crippen LogP contribution is -2.55. The zero-order valence-corrected chi connectivity index (χ0v) is 19.8. The molecule has 1 aliphatic heterocycles. The second-order valence-electron chi connectivity index (χ2n) is 9.39. The van der Waals surface area contributed by atoms with Gasteiger partial charge in [-0.1, -0.05) is 13.3 Å². The van der Waals surface area contributed by atoms with E-state index >= 15 is 0 Å². The number of rotatable bonds is 10. The van der Waals surface area contributed by atoms with E-state index in [0.717, 1.165) is 0 Å². The molecule has 3 amide bonds. The van der Waals surface area contributed by atoms with Crippen molar-refractivity contribution in [3.05, 3.63) is 35.8 Å². The molecule has 1 saturated heterocycles. The Labute approximate surface area is 208 Å². The zero-order valence-electron chi connectivity index (χ0n) is 19.8. The lowest BCUT2D eigenvalue weighted by molar-refractivity contribution is -0.321. The van der Waals surface area contributed by atoms with Crippen LogP contribution in [-0.4, -0.2) is 59.6 Å². The molecule has 2 aliphatic rings. The number of benzene rings is 1. The van der Waals surface area contributed by atoms with Crippen LogP contribution in [0.1, 0.15) is 43.1 Å². The van der Waals surface area contributed by atoms with Crippen molar-refractivity contribution in [2.45, 2.75) is 50.6 Å². The summed E-state index contributed by atoms with van der Waals surface area (Å²) in [4.78, 5) is 53.8. The SMILES string of the molecule is CC[C@@H]1C[C@]1(NC(=O)c1cc2cc(F)ccc2[nH]1)C(=O)NC(C[C@@H]1CCNC1=O)C(=O)COC(F)(F)F. The van der Waals surface area contributed by atoms with Crippen LogP contribution in [0.2, 0.25) is 0 Å². The monoisotopic (exact) mass is 526 g/mol. The van der Waals surface area contributed by atoms with Crippen LogP contribution in [0.5, 0.6) is 0 Å². The van der Waals surface area contributed by atoms with Crippen molar-refractivity contribution in [2.24, 2.45) is 11.8 Å². The Hall–Kier alpha value is -3.48. The Morgan fingerprint density at radius 2 is 2.00 bits per heavy atom. The first kappa shape index (κ1) is 26.6. The number of fused-ring (bicyclic) bond motifs is 1. The highest BCUT2D eigenvalue weighted by Crippen LogP contribution is 2.46. The van der Waals surface area contributed by atoms with E-state index in [-0.39, 0.29) is 30.4 Å². The summed E-state index contributed by atoms with van der Waals surface area (Å²) >= 11 is 0. The molecule has 37 heavy (non-hydrogen) atoms. The molecule has 13 heteroatoms. The summed E-state index contributed by atoms with van der Waals surface area (Å²) in [5.41, 5.74) is -0.795. The molecule has 2 heterocycles. The minimum absolute atomic E-state index is 0.0864. The van der Waals surface area contributed by atoms with E-state index in [9.17, 15) is 36.7 Å². The van der Waals surface area contributed by atoms with Crippen LogP contribution >= 0.6 is 0 Å². The number of hydrogen-bond acceptors (Lipinski definition) is 5. The van der Waals surface area contributed by atoms with Crippen molar-refractivity contribution in [2.75, 3.05) is 13.2 Å². The summed E-state index contributed by atoms with van der Waals surface area (Å²) in [6, 6.07) is 3.95. The predicted octanol–water partition coefficient (Wildman–Crippen LogP) is 2.32. The second kappa shape index (κ2) is 10.1. The van der Waals surface area contributed by atoms with Gasteiger partial charge in [0.2, 0.25) is 11.8 Å². The van der Waals surface area contributed by atoms with Gasteiger partial charge in [-0.2, -0.15) is 0 Å². The smallest absolute Gasteiger partial charge is 0.356 e. The number of carbonyl (C=O) groups excluding carboxylic acids is 4. The van der Waals surface area contributed by atoms with Crippen molar-refractivity contribution in [3.8, 4) is 0 Å². The van der Waals surface area contributed by atoms with E-state index in [1.807, 2.05) is 0 Å². The quantitative estimate of drug-likeness (QED) is 0.353. The zero-order chi connectivity index (χ0) is 27.0. The molecule has 1 saturated carbocycles. The molecule has 1 unspecified atom stereocenters. The van der Waals surface area contributed by atoms with E-state index in [1.165, 1.54) is 24.3 Å². The standard InChI is InChI=1S/C24H26F4N4O5/c1-2-14-10-23(14,32-21(35)18-9-13-7-15(25)3-4-16(13)30-18)22(36)31-17(8-12-5-6-29-20(12)34)19(33)11-37-24(26,27)28/h3-4,7,9,12,14,17,30H,2,5-6,8,10-11H2,1H3,(H,29,34)(H,31,36)(H,32,35)/t12-,14+,17?,23+/m0/s1. The van der Waals surface area contributed by atoms with Crippen LogP contribution < -0.4 is 16.0 Å². The first-order chi connectivity index (χ1) is 17.4. The van der Waals surface area contributed by atoms with Gasteiger partial charge in [-0.25, -0.2) is 4.39 Å². The van der Waals surface area contributed by atoms with Crippen LogP contribution in [0, 0.1) is 17.7 Å². The molecule has 0 spiro atoms. The van der Waals surface area contributed by atoms with Gasteiger partial charge in [0.15, 0.2) is 5.78 Å². The summed E-state index contributed by atoms with van der Waals surface area (Å²) in [5.74, 6) is -4.21. The topological polar surface area (TPSA) is 129 Å². The number of amides is 3. The maximum absolute atomic E-state index is 13.5. The summed E-state index contributed by atoms with van der Waals surface area (Å²) in [5, 5.41) is 8.19. The Morgan fingerprint density at radius 1 is 1.24 bits per heavy atom. The predicted molar refractivity (Wildman–Crippen MR) is 122 cm³/mol. The molecule has 2 fully saturated rings. The fourth-order valence-electron chi connectivity index (χ4n) is 4.77. The third-order valence-electron chi connectivity index (χ3n) is 6.92. The van der Waals surface area contributed by atoms with E-state index in [4.69, 9.17) is 0 Å². The fraction of sp³-hybridized carbons (Fsp3) is 0.500. The number of aromatic amines is 1. The van der Waals surface area contributed by atoms with Crippen LogP contribution in [0.15, 0.2) is 24.3 Å². The number of alkyl halides is 3. The van der Waals surface area contributed by atoms with Crippen molar-refractivity contribution in [1.29, 1.82) is 0 Å². The van der Waals surface area contributed by atoms with Crippen LogP contribution in [0.25, 0.3) is 10.9 Å². The van der Waals surface area contributed by atoms with Crippen molar-refractivity contribution < 1.29 is 41.5 Å². The summed E-state index contributed by atoms with van der Waals surface area (Å²) < 4.78 is 54.7. The minimum Gasteiger partial charge on any atom is -0.356 e.